The van der Waals surface area contributed by atoms with Gasteiger partial charge in [-0.25, -0.2) is 0 Å². The van der Waals surface area contributed by atoms with E-state index < -0.39 is 0 Å². The van der Waals surface area contributed by atoms with Gasteiger partial charge in [0.2, 0.25) is 0 Å². The Hall–Kier alpha value is -4.24. The maximum Gasteiger partial charge on any atom is 0.123 e. The van der Waals surface area contributed by atoms with Crippen LogP contribution < -0.4 is 4.74 Å². The van der Waals surface area contributed by atoms with Gasteiger partial charge in [-0.15, -0.1) is 0 Å². The van der Waals surface area contributed by atoms with Gasteiger partial charge < -0.3 is 9.47 Å². The van der Waals surface area contributed by atoms with Crippen LogP contribution in [0.25, 0.3) is 0 Å². The Labute approximate surface area is 307 Å². The normalized spacial score (nSPS) is 19.1. The summed E-state index contributed by atoms with van der Waals surface area (Å²) in [5.41, 5.74) is 13.2. The van der Waals surface area contributed by atoms with Crippen molar-refractivity contribution in [1.82, 2.24) is 0 Å². The Morgan fingerprint density at radius 3 is 2.06 bits per heavy atom. The lowest BCUT2D eigenvalue weighted by Crippen LogP contribution is -2.31. The van der Waals surface area contributed by atoms with Crippen molar-refractivity contribution in [3.8, 4) is 29.4 Å². The molecule has 3 aliphatic rings. The second-order valence-electron chi connectivity index (χ2n) is 14.9. The zero-order chi connectivity index (χ0) is 34.8. The van der Waals surface area contributed by atoms with Crippen molar-refractivity contribution >= 4 is 0 Å². The van der Waals surface area contributed by atoms with E-state index in [0.29, 0.717) is 12.5 Å². The number of ether oxygens (including phenoxy) is 2. The van der Waals surface area contributed by atoms with Crippen molar-refractivity contribution in [1.29, 1.82) is 0 Å². The Balaban J connectivity index is 1.12. The topological polar surface area (TPSA) is 18.5 Å². The smallest absolute Gasteiger partial charge is 0.123 e. The lowest BCUT2D eigenvalue weighted by molar-refractivity contribution is 0.0301. The fourth-order valence-corrected chi connectivity index (χ4v) is 8.31. The van der Waals surface area contributed by atoms with Crippen molar-refractivity contribution in [2.45, 2.75) is 116 Å². The molecule has 0 N–H and O–H groups in total. The standard InChI is InChI=1S/C49H54O2/c1-3-5-7-10-36-12-16-38(17-13-36)20-22-40-24-28-44-42(34-40)26-30-46-48(44)49-45-29-25-41(35-43(45)27-31-47(49)51-33-9-32-50-46)23-21-39-18-14-37(15-19-39)11-8-6-4-2/h12-19,24,27-28,31,34,41,46,48H,3-11,25-26,29-30,32-33,35H2,1-2H3/t41-,46?,48-/m0/s1. The van der Waals surface area contributed by atoms with Crippen LogP contribution in [0.2, 0.25) is 0 Å². The van der Waals surface area contributed by atoms with E-state index >= 15 is 0 Å². The van der Waals surface area contributed by atoms with Crippen molar-refractivity contribution in [2.24, 2.45) is 5.92 Å². The molecule has 3 atom stereocenters. The van der Waals surface area contributed by atoms with E-state index in [9.17, 15) is 0 Å². The highest BCUT2D eigenvalue weighted by molar-refractivity contribution is 5.56. The van der Waals surface area contributed by atoms with Gasteiger partial charge in [-0.2, -0.15) is 0 Å². The van der Waals surface area contributed by atoms with Crippen LogP contribution >= 0.6 is 0 Å². The molecule has 0 bridgehead atoms. The molecular formula is C49H54O2. The number of aryl methyl sites for hydroxylation is 3. The fourth-order valence-electron chi connectivity index (χ4n) is 8.31. The molecule has 0 saturated heterocycles. The minimum absolute atomic E-state index is 0.152. The largest absolute Gasteiger partial charge is 0.493 e. The third-order valence-corrected chi connectivity index (χ3v) is 11.2. The fraction of sp³-hybridized carbons (Fsp3) is 0.429. The van der Waals surface area contributed by atoms with Crippen LogP contribution in [0.15, 0.2) is 78.9 Å². The lowest BCUT2D eigenvalue weighted by Gasteiger charge is -2.37. The molecule has 1 heterocycles. The summed E-state index contributed by atoms with van der Waals surface area (Å²) >= 11 is 0. The van der Waals surface area contributed by atoms with Crippen LogP contribution in [0.4, 0.5) is 0 Å². The summed E-state index contributed by atoms with van der Waals surface area (Å²) < 4.78 is 13.2. The zero-order valence-electron chi connectivity index (χ0n) is 30.9. The van der Waals surface area contributed by atoms with Crippen LogP contribution in [0.1, 0.15) is 133 Å². The minimum atomic E-state index is 0.152. The lowest BCUT2D eigenvalue weighted by atomic mass is 9.71. The van der Waals surface area contributed by atoms with E-state index in [-0.39, 0.29) is 12.0 Å². The number of hydrogen-bond acceptors (Lipinski definition) is 2. The predicted molar refractivity (Wildman–Crippen MR) is 211 cm³/mol. The Morgan fingerprint density at radius 2 is 1.33 bits per heavy atom. The Morgan fingerprint density at radius 1 is 0.647 bits per heavy atom. The average molecular weight is 675 g/mol. The molecule has 2 aliphatic carbocycles. The second-order valence-corrected chi connectivity index (χ2v) is 14.9. The first kappa shape index (κ1) is 35.2. The first-order valence-electron chi connectivity index (χ1n) is 19.9. The van der Waals surface area contributed by atoms with Gasteiger partial charge in [-0.3, -0.25) is 0 Å². The molecule has 1 aliphatic heterocycles. The monoisotopic (exact) mass is 674 g/mol. The highest BCUT2D eigenvalue weighted by Gasteiger charge is 2.37. The highest BCUT2D eigenvalue weighted by Crippen LogP contribution is 2.47. The molecule has 0 radical (unpaired) electrons. The molecule has 1 unspecified atom stereocenters. The molecule has 7 rings (SSSR count). The number of hydrogen-bond donors (Lipinski definition) is 0. The average Bonchev–Trinajstić information content (AvgIpc) is 3.26. The van der Waals surface area contributed by atoms with Gasteiger partial charge in [0.25, 0.3) is 0 Å². The summed E-state index contributed by atoms with van der Waals surface area (Å²) in [4.78, 5) is 0. The predicted octanol–water partition coefficient (Wildman–Crippen LogP) is 11.0. The van der Waals surface area contributed by atoms with Crippen molar-refractivity contribution in [3.05, 3.63) is 134 Å². The first-order chi connectivity index (χ1) is 25.2. The summed E-state index contributed by atoms with van der Waals surface area (Å²) in [6, 6.07) is 29.2. The Kier molecular flexibility index (Phi) is 11.9. The molecule has 4 aromatic carbocycles. The molecule has 262 valence electrons. The SMILES string of the molecule is CCCCCc1ccc(C#Cc2ccc3c(c2)CCC2OCCCOc4ccc5c(c4[C@@H]32)CC[C@H](C#Cc2ccc(CCCCC)cc2)C5)cc1. The zero-order valence-corrected chi connectivity index (χ0v) is 30.9. The van der Waals surface area contributed by atoms with E-state index in [1.54, 1.807) is 0 Å². The summed E-state index contributed by atoms with van der Waals surface area (Å²) in [6.45, 7) is 5.95. The minimum Gasteiger partial charge on any atom is -0.493 e. The summed E-state index contributed by atoms with van der Waals surface area (Å²) in [6.07, 6.45) is 16.1. The van der Waals surface area contributed by atoms with Crippen LogP contribution in [0.5, 0.6) is 5.75 Å². The van der Waals surface area contributed by atoms with Gasteiger partial charge in [0.05, 0.1) is 19.3 Å². The van der Waals surface area contributed by atoms with E-state index in [4.69, 9.17) is 9.47 Å². The maximum atomic E-state index is 6.66. The highest BCUT2D eigenvalue weighted by atomic mass is 16.5. The summed E-state index contributed by atoms with van der Waals surface area (Å²) in [5.74, 6) is 15.7. The van der Waals surface area contributed by atoms with Crippen LogP contribution in [0, 0.1) is 29.6 Å². The number of rotatable bonds is 8. The molecule has 0 saturated carbocycles. The quantitative estimate of drug-likeness (QED) is 0.137. The maximum absolute atomic E-state index is 6.66. The summed E-state index contributed by atoms with van der Waals surface area (Å²) in [7, 11) is 0. The van der Waals surface area contributed by atoms with Crippen molar-refractivity contribution in [2.75, 3.05) is 13.2 Å². The Bertz CT molecular complexity index is 1890. The molecule has 2 nitrogen and oxygen atoms in total. The summed E-state index contributed by atoms with van der Waals surface area (Å²) in [5, 5.41) is 0. The molecular weight excluding hydrogens is 621 g/mol. The molecule has 51 heavy (non-hydrogen) atoms. The van der Waals surface area contributed by atoms with Crippen molar-refractivity contribution < 1.29 is 9.47 Å². The first-order valence-corrected chi connectivity index (χ1v) is 19.9. The van der Waals surface area contributed by atoms with E-state index in [1.807, 2.05) is 0 Å². The van der Waals surface area contributed by atoms with Gasteiger partial charge in [0.15, 0.2) is 0 Å². The second kappa shape index (κ2) is 17.3. The molecule has 0 amide bonds. The van der Waals surface area contributed by atoms with Gasteiger partial charge in [0.1, 0.15) is 5.75 Å². The molecule has 0 fully saturated rings. The number of benzene rings is 4. The van der Waals surface area contributed by atoms with E-state index in [0.717, 1.165) is 80.4 Å². The molecule has 0 aromatic heterocycles. The van der Waals surface area contributed by atoms with Gasteiger partial charge >= 0.3 is 0 Å². The van der Waals surface area contributed by atoms with Gasteiger partial charge in [0, 0.05) is 40.5 Å². The third-order valence-electron chi connectivity index (χ3n) is 11.2. The van der Waals surface area contributed by atoms with Crippen LogP contribution in [-0.2, 0) is 36.8 Å². The molecule has 2 heteroatoms. The van der Waals surface area contributed by atoms with E-state index in [1.165, 1.54) is 77.5 Å². The molecule has 4 aromatic rings. The van der Waals surface area contributed by atoms with Gasteiger partial charge in [-0.1, -0.05) is 99.6 Å². The van der Waals surface area contributed by atoms with Gasteiger partial charge in [-0.05, 0) is 134 Å². The van der Waals surface area contributed by atoms with E-state index in [2.05, 4.69) is 116 Å². The third kappa shape index (κ3) is 8.80. The number of fused-ring (bicyclic) bond motifs is 7. The number of unbranched alkanes of at least 4 members (excludes halogenated alkanes) is 4. The van der Waals surface area contributed by atoms with Crippen molar-refractivity contribution in [3.63, 3.8) is 0 Å². The van der Waals surface area contributed by atoms with Crippen LogP contribution in [-0.4, -0.2) is 19.3 Å². The molecule has 0 spiro atoms. The van der Waals surface area contributed by atoms with Crippen LogP contribution in [0.3, 0.4) is 0 Å².